The van der Waals surface area contributed by atoms with Gasteiger partial charge in [-0.25, -0.2) is 15.4 Å². The van der Waals surface area contributed by atoms with Gasteiger partial charge in [0.25, 0.3) is 0 Å². The predicted molar refractivity (Wildman–Crippen MR) is 117 cm³/mol. The molecule has 0 saturated carbocycles. The Bertz CT molecular complexity index is 1030. The number of benzene rings is 1. The maximum atomic E-state index is 12.2. The summed E-state index contributed by atoms with van der Waals surface area (Å²) in [5, 5.41) is 6.69. The topological polar surface area (TPSA) is 67.2 Å². The number of nitrogens with one attached hydrogen (secondary N) is 1. The van der Waals surface area contributed by atoms with E-state index in [9.17, 15) is 4.79 Å². The van der Waals surface area contributed by atoms with Gasteiger partial charge in [0.05, 0.1) is 12.0 Å². The number of hydrazone groups is 1. The lowest BCUT2D eigenvalue weighted by Gasteiger charge is -2.18. The first-order valence-electron chi connectivity index (χ1n) is 9.05. The molecule has 144 valence electrons. The lowest BCUT2D eigenvalue weighted by atomic mass is 9.89. The lowest BCUT2D eigenvalue weighted by molar-refractivity contribution is -0.118. The Hall–Kier alpha value is -1.96. The third-order valence-electron chi connectivity index (χ3n) is 4.67. The van der Waals surface area contributed by atoms with E-state index in [2.05, 4.69) is 27.4 Å². The molecular formula is C20H19ClN4OS2. The molecule has 0 bridgehead atoms. The standard InChI is InChI=1S/C20H19ClN4OS2/c1-12-2-7-15-16(8-12)28-20-18(15)19(22-11-23-20)27-10-17(26)25-24-9-13-3-5-14(21)6-4-13/h3-6,9,11-12H,2,7-8,10H2,1H3,(H,25,26)/b24-9-. The number of hydrogen-bond donors (Lipinski definition) is 1. The number of hydrogen-bond acceptors (Lipinski definition) is 6. The fourth-order valence-electron chi connectivity index (χ4n) is 3.25. The van der Waals surface area contributed by atoms with Crippen LogP contribution in [0.3, 0.4) is 0 Å². The quantitative estimate of drug-likeness (QED) is 0.275. The molecule has 1 aliphatic carbocycles. The number of rotatable bonds is 5. The van der Waals surface area contributed by atoms with Crippen LogP contribution in [0.25, 0.3) is 10.2 Å². The monoisotopic (exact) mass is 430 g/mol. The molecule has 2 aromatic heterocycles. The lowest BCUT2D eigenvalue weighted by Crippen LogP contribution is -2.19. The Morgan fingerprint density at radius 3 is 3.04 bits per heavy atom. The van der Waals surface area contributed by atoms with Crippen LogP contribution in [0.2, 0.25) is 5.02 Å². The van der Waals surface area contributed by atoms with Crippen molar-refractivity contribution in [1.82, 2.24) is 15.4 Å². The first-order chi connectivity index (χ1) is 13.6. The van der Waals surface area contributed by atoms with E-state index in [0.717, 1.165) is 33.6 Å². The molecule has 28 heavy (non-hydrogen) atoms. The number of thiophene rings is 1. The van der Waals surface area contributed by atoms with Gasteiger partial charge in [-0.05, 0) is 48.4 Å². The van der Waals surface area contributed by atoms with E-state index in [4.69, 9.17) is 11.6 Å². The average Bonchev–Trinajstić information content (AvgIpc) is 3.06. The number of fused-ring (bicyclic) bond motifs is 3. The van der Waals surface area contributed by atoms with Crippen LogP contribution in [0, 0.1) is 5.92 Å². The van der Waals surface area contributed by atoms with Crippen molar-refractivity contribution in [2.45, 2.75) is 31.2 Å². The largest absolute Gasteiger partial charge is 0.272 e. The smallest absolute Gasteiger partial charge is 0.250 e. The highest BCUT2D eigenvalue weighted by atomic mass is 35.5. The summed E-state index contributed by atoms with van der Waals surface area (Å²) in [4.78, 5) is 23.5. The molecule has 4 rings (SSSR count). The van der Waals surface area contributed by atoms with Gasteiger partial charge in [-0.2, -0.15) is 5.10 Å². The molecule has 0 radical (unpaired) electrons. The molecule has 1 aromatic carbocycles. The minimum atomic E-state index is -0.167. The molecule has 8 heteroatoms. The van der Waals surface area contributed by atoms with Gasteiger partial charge in [0.2, 0.25) is 5.91 Å². The minimum Gasteiger partial charge on any atom is -0.272 e. The molecule has 1 aliphatic rings. The van der Waals surface area contributed by atoms with Gasteiger partial charge in [0.1, 0.15) is 16.2 Å². The highest BCUT2D eigenvalue weighted by molar-refractivity contribution is 8.00. The number of amides is 1. The van der Waals surface area contributed by atoms with Crippen LogP contribution < -0.4 is 5.43 Å². The summed E-state index contributed by atoms with van der Waals surface area (Å²) < 4.78 is 0. The van der Waals surface area contributed by atoms with E-state index in [1.54, 1.807) is 36.0 Å². The Kier molecular flexibility index (Phi) is 5.94. The third kappa shape index (κ3) is 4.37. The second-order valence-corrected chi connectivity index (χ2v) is 9.33. The molecular weight excluding hydrogens is 412 g/mol. The van der Waals surface area contributed by atoms with Gasteiger partial charge in [0, 0.05) is 15.3 Å². The van der Waals surface area contributed by atoms with Crippen molar-refractivity contribution in [2.75, 3.05) is 5.75 Å². The van der Waals surface area contributed by atoms with Crippen LogP contribution in [0.15, 0.2) is 40.7 Å². The summed E-state index contributed by atoms with van der Waals surface area (Å²) in [6.45, 7) is 2.30. The molecule has 0 fully saturated rings. The van der Waals surface area contributed by atoms with E-state index < -0.39 is 0 Å². The van der Waals surface area contributed by atoms with Crippen molar-refractivity contribution < 1.29 is 4.79 Å². The zero-order valence-corrected chi connectivity index (χ0v) is 17.7. The van der Waals surface area contributed by atoms with Crippen molar-refractivity contribution in [2.24, 2.45) is 11.0 Å². The van der Waals surface area contributed by atoms with Crippen LogP contribution in [-0.4, -0.2) is 27.8 Å². The Morgan fingerprint density at radius 1 is 1.39 bits per heavy atom. The zero-order chi connectivity index (χ0) is 19.5. The van der Waals surface area contributed by atoms with Crippen LogP contribution >= 0.6 is 34.7 Å². The van der Waals surface area contributed by atoms with E-state index >= 15 is 0 Å². The fraction of sp³-hybridized carbons (Fsp3) is 0.300. The van der Waals surface area contributed by atoms with Crippen molar-refractivity contribution >= 4 is 57.0 Å². The molecule has 1 unspecified atom stereocenters. The van der Waals surface area contributed by atoms with Gasteiger partial charge in [0.15, 0.2) is 0 Å². The first kappa shape index (κ1) is 19.4. The second kappa shape index (κ2) is 8.59. The van der Waals surface area contributed by atoms with E-state index in [0.29, 0.717) is 10.9 Å². The summed E-state index contributed by atoms with van der Waals surface area (Å²) in [5.41, 5.74) is 4.81. The Labute approximate surface area is 176 Å². The van der Waals surface area contributed by atoms with Gasteiger partial charge in [-0.15, -0.1) is 11.3 Å². The second-order valence-electron chi connectivity index (χ2n) is 6.84. The number of thioether (sulfide) groups is 1. The molecule has 1 N–H and O–H groups in total. The maximum absolute atomic E-state index is 12.2. The number of nitrogens with zero attached hydrogens (tertiary/aromatic N) is 3. The van der Waals surface area contributed by atoms with Crippen molar-refractivity contribution in [3.63, 3.8) is 0 Å². The van der Waals surface area contributed by atoms with Crippen molar-refractivity contribution in [1.29, 1.82) is 0 Å². The van der Waals surface area contributed by atoms with Gasteiger partial charge in [-0.1, -0.05) is 42.4 Å². The molecule has 0 aliphatic heterocycles. The first-order valence-corrected chi connectivity index (χ1v) is 11.2. The molecule has 0 spiro atoms. The van der Waals surface area contributed by atoms with E-state index in [-0.39, 0.29) is 11.7 Å². The maximum Gasteiger partial charge on any atom is 0.250 e. The van der Waals surface area contributed by atoms with Crippen molar-refractivity contribution in [3.8, 4) is 0 Å². The van der Waals surface area contributed by atoms with Crippen LogP contribution in [0.1, 0.15) is 29.3 Å². The summed E-state index contributed by atoms with van der Waals surface area (Å²) >= 11 is 9.06. The summed E-state index contributed by atoms with van der Waals surface area (Å²) in [7, 11) is 0. The third-order valence-corrected chi connectivity index (χ3v) is 7.07. The highest BCUT2D eigenvalue weighted by Crippen LogP contribution is 2.40. The summed E-state index contributed by atoms with van der Waals surface area (Å²) in [6.07, 6.45) is 6.55. The van der Waals surface area contributed by atoms with E-state index in [1.807, 2.05) is 12.1 Å². The van der Waals surface area contributed by atoms with Crippen LogP contribution in [0.4, 0.5) is 0 Å². The zero-order valence-electron chi connectivity index (χ0n) is 15.3. The Balaban J connectivity index is 1.41. The molecule has 0 saturated heterocycles. The summed E-state index contributed by atoms with van der Waals surface area (Å²) in [5.74, 6) is 0.805. The molecule has 3 aromatic rings. The Morgan fingerprint density at radius 2 is 2.21 bits per heavy atom. The average molecular weight is 431 g/mol. The molecule has 1 atom stereocenters. The van der Waals surface area contributed by atoms with Crippen molar-refractivity contribution in [3.05, 3.63) is 51.6 Å². The van der Waals surface area contributed by atoms with E-state index in [1.165, 1.54) is 28.6 Å². The molecule has 2 heterocycles. The summed E-state index contributed by atoms with van der Waals surface area (Å²) in [6, 6.07) is 7.24. The van der Waals surface area contributed by atoms with Gasteiger partial charge < -0.3 is 0 Å². The van der Waals surface area contributed by atoms with Crippen LogP contribution in [-0.2, 0) is 17.6 Å². The number of aromatic nitrogens is 2. The number of aryl methyl sites for hydroxylation is 1. The highest BCUT2D eigenvalue weighted by Gasteiger charge is 2.23. The minimum absolute atomic E-state index is 0.167. The number of carbonyl (C=O) groups excluding carboxylic acids is 1. The fourth-order valence-corrected chi connectivity index (χ4v) is 5.61. The number of halogens is 1. The molecule has 5 nitrogen and oxygen atoms in total. The van der Waals surface area contributed by atoms with Crippen LogP contribution in [0.5, 0.6) is 0 Å². The predicted octanol–water partition coefficient (Wildman–Crippen LogP) is 4.71. The van der Waals surface area contributed by atoms with Gasteiger partial charge in [-0.3, -0.25) is 4.79 Å². The molecule has 1 amide bonds. The van der Waals surface area contributed by atoms with Gasteiger partial charge >= 0.3 is 0 Å². The number of carbonyl (C=O) groups is 1. The normalized spacial score (nSPS) is 16.4. The SMILES string of the molecule is CC1CCc2c(sc3ncnc(SCC(=O)N/N=C\c4ccc(Cl)cc4)c23)C1.